The van der Waals surface area contributed by atoms with Crippen LogP contribution in [-0.4, -0.2) is 21.4 Å². The fourth-order valence-electron chi connectivity index (χ4n) is 3.10. The average molecular weight is 439 g/mol. The Morgan fingerprint density at radius 3 is 2.25 bits per heavy atom. The molecule has 3 atom stereocenters. The summed E-state index contributed by atoms with van der Waals surface area (Å²) in [4.78, 5) is 0. The summed E-state index contributed by atoms with van der Waals surface area (Å²) in [5, 5.41) is 20.9. The van der Waals surface area contributed by atoms with Gasteiger partial charge in [-0.25, -0.2) is 0 Å². The van der Waals surface area contributed by atoms with E-state index in [9.17, 15) is 10.2 Å². The van der Waals surface area contributed by atoms with Gasteiger partial charge in [0.1, 0.15) is 11.2 Å². The lowest BCUT2D eigenvalue weighted by molar-refractivity contribution is 0.113. The molecule has 0 radical (unpaired) electrons. The maximum Gasteiger partial charge on any atom is 0.142 e. The smallest absolute Gasteiger partial charge is 0.142 e. The molecule has 0 amide bonds. The Morgan fingerprint density at radius 1 is 0.969 bits per heavy atom. The lowest BCUT2D eigenvalue weighted by Gasteiger charge is -2.14. The van der Waals surface area contributed by atoms with Crippen LogP contribution in [0, 0.1) is 29.6 Å². The molecule has 2 N–H and O–H groups in total. The summed E-state index contributed by atoms with van der Waals surface area (Å²) in [5.41, 5.74) is 1.60. The molecule has 0 aromatic rings. The summed E-state index contributed by atoms with van der Waals surface area (Å²) >= 11 is 0. The normalized spacial score (nSPS) is 16.1. The van der Waals surface area contributed by atoms with Crippen molar-refractivity contribution in [1.82, 2.24) is 0 Å². The highest BCUT2D eigenvalue weighted by atomic mass is 16.3. The molecule has 32 heavy (non-hydrogen) atoms. The van der Waals surface area contributed by atoms with Crippen molar-refractivity contribution in [3.8, 4) is 23.7 Å². The first-order valence-electron chi connectivity index (χ1n) is 11.9. The van der Waals surface area contributed by atoms with Gasteiger partial charge in [-0.3, -0.25) is 0 Å². The molecule has 0 rings (SSSR count). The Balaban J connectivity index is 4.55. The standard InChI is InChI=1S/C30H46O2/c1-25(2)15-11-17-27(5)19-13-23-29(7,31)21-9-10-22-30(8,32)24-14-20-28(6)18-12-16-26(3)4/h14,16,19,24,28,31-32H,1,11-13,15,17-18,20,23H2,2-8H3. The van der Waals surface area contributed by atoms with Crippen LogP contribution in [0.2, 0.25) is 0 Å². The quantitative estimate of drug-likeness (QED) is 0.234. The topological polar surface area (TPSA) is 40.5 Å². The largest absolute Gasteiger partial charge is 0.378 e. The van der Waals surface area contributed by atoms with Crippen LogP contribution in [0.15, 0.2) is 47.6 Å². The van der Waals surface area contributed by atoms with E-state index in [4.69, 9.17) is 0 Å². The molecule has 2 heteroatoms. The molecule has 0 aliphatic carbocycles. The summed E-state index contributed by atoms with van der Waals surface area (Å²) in [5.74, 6) is 11.6. The maximum absolute atomic E-state index is 10.5. The number of allylic oxidation sites excluding steroid dienone is 6. The molecular formula is C30H46O2. The first-order valence-corrected chi connectivity index (χ1v) is 11.9. The van der Waals surface area contributed by atoms with Gasteiger partial charge in [0.05, 0.1) is 0 Å². The summed E-state index contributed by atoms with van der Waals surface area (Å²) in [6, 6.07) is 0. The molecule has 0 aliphatic rings. The van der Waals surface area contributed by atoms with E-state index in [-0.39, 0.29) is 0 Å². The van der Waals surface area contributed by atoms with Crippen LogP contribution in [0.4, 0.5) is 0 Å². The van der Waals surface area contributed by atoms with Gasteiger partial charge in [0.15, 0.2) is 0 Å². The Morgan fingerprint density at radius 2 is 1.62 bits per heavy atom. The molecule has 0 aliphatic heterocycles. The maximum atomic E-state index is 10.5. The van der Waals surface area contributed by atoms with Crippen molar-refractivity contribution in [2.75, 3.05) is 0 Å². The molecule has 0 spiro atoms. The third-order valence-electron chi connectivity index (χ3n) is 5.20. The summed E-state index contributed by atoms with van der Waals surface area (Å²) in [6.45, 7) is 17.9. The van der Waals surface area contributed by atoms with E-state index in [2.05, 4.69) is 77.0 Å². The molecule has 0 saturated heterocycles. The van der Waals surface area contributed by atoms with E-state index < -0.39 is 11.2 Å². The van der Waals surface area contributed by atoms with E-state index in [1.54, 1.807) is 19.9 Å². The second kappa shape index (κ2) is 15.7. The van der Waals surface area contributed by atoms with Crippen LogP contribution in [0.25, 0.3) is 0 Å². The minimum absolute atomic E-state index is 0.556. The van der Waals surface area contributed by atoms with Crippen LogP contribution in [0.1, 0.15) is 99.8 Å². The predicted molar refractivity (Wildman–Crippen MR) is 140 cm³/mol. The zero-order valence-electron chi connectivity index (χ0n) is 21.6. The van der Waals surface area contributed by atoms with E-state index in [0.717, 1.165) is 44.9 Å². The molecule has 2 nitrogen and oxygen atoms in total. The summed E-state index contributed by atoms with van der Waals surface area (Å²) in [7, 11) is 0. The highest BCUT2D eigenvalue weighted by molar-refractivity contribution is 5.34. The van der Waals surface area contributed by atoms with Crippen LogP contribution in [-0.2, 0) is 0 Å². The minimum Gasteiger partial charge on any atom is -0.378 e. The van der Waals surface area contributed by atoms with E-state index in [1.807, 2.05) is 6.08 Å². The van der Waals surface area contributed by atoms with Gasteiger partial charge in [0.2, 0.25) is 0 Å². The van der Waals surface area contributed by atoms with Crippen molar-refractivity contribution in [3.63, 3.8) is 0 Å². The molecule has 0 bridgehead atoms. The third-order valence-corrected chi connectivity index (χ3v) is 5.20. The molecule has 0 aromatic heterocycles. The molecule has 0 heterocycles. The zero-order valence-corrected chi connectivity index (χ0v) is 21.6. The van der Waals surface area contributed by atoms with Crippen molar-refractivity contribution in [2.45, 2.75) is 111 Å². The third kappa shape index (κ3) is 18.7. The molecule has 0 fully saturated rings. The Hall–Kier alpha value is -2.00. The number of rotatable bonds is 13. The summed E-state index contributed by atoms with van der Waals surface area (Å²) in [6.07, 6.45) is 15.9. The molecule has 0 saturated carbocycles. The lowest BCUT2D eigenvalue weighted by Crippen LogP contribution is -2.21. The van der Waals surface area contributed by atoms with Gasteiger partial charge in [-0.1, -0.05) is 53.7 Å². The fourth-order valence-corrected chi connectivity index (χ4v) is 3.10. The molecular weight excluding hydrogens is 392 g/mol. The number of aliphatic hydroxyl groups is 2. The van der Waals surface area contributed by atoms with E-state index in [1.165, 1.54) is 16.7 Å². The highest BCUT2D eigenvalue weighted by Crippen LogP contribution is 2.16. The number of hydrogen-bond donors (Lipinski definition) is 2. The van der Waals surface area contributed by atoms with Gasteiger partial charge >= 0.3 is 0 Å². The van der Waals surface area contributed by atoms with Crippen molar-refractivity contribution in [2.24, 2.45) is 5.92 Å². The van der Waals surface area contributed by atoms with Crippen LogP contribution < -0.4 is 0 Å². The van der Waals surface area contributed by atoms with Gasteiger partial charge in [0, 0.05) is 0 Å². The SMILES string of the molecule is C=C(C)CCCC(C)=CCCC(C)(O)C#CC#CC(C)(O)C=CCC(C)CCC=C(C)C. The first kappa shape index (κ1) is 30.0. The van der Waals surface area contributed by atoms with Crippen molar-refractivity contribution < 1.29 is 10.2 Å². The van der Waals surface area contributed by atoms with Gasteiger partial charge < -0.3 is 10.2 Å². The fraction of sp³-hybridized carbons (Fsp3) is 0.600. The second-order valence-electron chi connectivity index (χ2n) is 9.92. The van der Waals surface area contributed by atoms with Gasteiger partial charge in [-0.05, 0) is 117 Å². The lowest BCUT2D eigenvalue weighted by atomic mass is 9.98. The Kier molecular flexibility index (Phi) is 14.8. The van der Waals surface area contributed by atoms with Gasteiger partial charge in [0.25, 0.3) is 0 Å². The van der Waals surface area contributed by atoms with Crippen molar-refractivity contribution in [1.29, 1.82) is 0 Å². The van der Waals surface area contributed by atoms with E-state index >= 15 is 0 Å². The predicted octanol–water partition coefficient (Wildman–Crippen LogP) is 7.30. The molecule has 0 aromatic carbocycles. The van der Waals surface area contributed by atoms with Crippen LogP contribution in [0.5, 0.6) is 0 Å². The number of hydrogen-bond acceptors (Lipinski definition) is 2. The molecule has 3 unspecified atom stereocenters. The van der Waals surface area contributed by atoms with Crippen molar-refractivity contribution in [3.05, 3.63) is 47.6 Å². The second-order valence-corrected chi connectivity index (χ2v) is 9.92. The molecule has 178 valence electrons. The van der Waals surface area contributed by atoms with Gasteiger partial charge in [-0.15, -0.1) is 6.58 Å². The van der Waals surface area contributed by atoms with E-state index in [0.29, 0.717) is 12.3 Å². The Bertz CT molecular complexity index is 778. The van der Waals surface area contributed by atoms with Gasteiger partial charge in [-0.2, -0.15) is 0 Å². The van der Waals surface area contributed by atoms with Crippen LogP contribution >= 0.6 is 0 Å². The van der Waals surface area contributed by atoms with Crippen LogP contribution in [0.3, 0.4) is 0 Å². The zero-order chi connectivity index (χ0) is 24.6. The summed E-state index contributed by atoms with van der Waals surface area (Å²) < 4.78 is 0. The minimum atomic E-state index is -1.22. The Labute approximate surface area is 198 Å². The monoisotopic (exact) mass is 438 g/mol. The average Bonchev–Trinajstić information content (AvgIpc) is 2.64. The first-order chi connectivity index (χ1) is 14.8. The van der Waals surface area contributed by atoms with Crippen molar-refractivity contribution >= 4 is 0 Å². The highest BCUT2D eigenvalue weighted by Gasteiger charge is 2.15.